The second-order valence-electron chi connectivity index (χ2n) is 2.69. The van der Waals surface area contributed by atoms with Crippen molar-refractivity contribution in [3.05, 3.63) is 17.8 Å². The van der Waals surface area contributed by atoms with E-state index in [1.807, 2.05) is 20.8 Å². The largest absolute Gasteiger partial charge is 0.383 e. The predicted molar refractivity (Wildman–Crippen MR) is 52.2 cm³/mol. The maximum atomic E-state index is 5.64. The average Bonchev–Trinajstić information content (AvgIpc) is 2.07. The third-order valence-electron chi connectivity index (χ3n) is 1.60. The first-order valence-corrected chi connectivity index (χ1v) is 4.02. The van der Waals surface area contributed by atoms with Gasteiger partial charge in [-0.25, -0.2) is 4.98 Å². The number of rotatable bonds is 3. The number of nitrogens with two attached hydrogens (primary N) is 1. The fourth-order valence-electron chi connectivity index (χ4n) is 0.968. The molecule has 1 rings (SSSR count). The smallest absolute Gasteiger partial charge is 0.141 e. The fraction of sp³-hybridized carbons (Fsp3) is 0.375. The summed E-state index contributed by atoms with van der Waals surface area (Å²) in [5.41, 5.74) is 7.72. The van der Waals surface area contributed by atoms with Crippen LogP contribution >= 0.6 is 0 Å². The molecule has 0 saturated heterocycles. The normalized spacial score (nSPS) is 10.1. The van der Waals surface area contributed by atoms with Crippen molar-refractivity contribution in [1.29, 1.82) is 0 Å². The van der Waals surface area contributed by atoms with E-state index in [4.69, 9.17) is 10.5 Å². The lowest BCUT2D eigenvalue weighted by Crippen LogP contribution is -2.09. The Hall–Kier alpha value is -1.03. The van der Waals surface area contributed by atoms with E-state index in [1.165, 1.54) is 0 Å². The fourth-order valence-corrected chi connectivity index (χ4v) is 0.968. The summed E-state index contributed by atoms with van der Waals surface area (Å²) in [6.07, 6.45) is 1.75. The third-order valence-corrected chi connectivity index (χ3v) is 1.60. The molecule has 3 nitrogen and oxygen atoms in total. The molecule has 0 fully saturated rings. The van der Waals surface area contributed by atoms with Gasteiger partial charge in [0.2, 0.25) is 0 Å². The first-order valence-electron chi connectivity index (χ1n) is 4.02. The molecule has 0 aliphatic heterocycles. The lowest BCUT2D eigenvalue weighted by molar-refractivity contribution is 0.134. The molecule has 0 unspecified atom stereocenters. The van der Waals surface area contributed by atoms with Crippen LogP contribution in [-0.2, 0) is 11.3 Å². The minimum atomic E-state index is 0.553. The predicted octanol–water partition coefficient (Wildman–Crippen LogP) is -0.541. The van der Waals surface area contributed by atoms with Crippen molar-refractivity contribution in [2.24, 2.45) is 0 Å². The SMILES string of the molecule is Bc1cnc(N)c(COCC)c1. The Morgan fingerprint density at radius 3 is 3.08 bits per heavy atom. The molecule has 0 aliphatic carbocycles. The Morgan fingerprint density at radius 2 is 2.42 bits per heavy atom. The molecule has 64 valence electrons. The molecule has 0 bridgehead atoms. The van der Waals surface area contributed by atoms with Crippen molar-refractivity contribution in [1.82, 2.24) is 4.98 Å². The minimum Gasteiger partial charge on any atom is -0.383 e. The molecule has 12 heavy (non-hydrogen) atoms. The van der Waals surface area contributed by atoms with Gasteiger partial charge in [-0.15, -0.1) is 0 Å². The van der Waals surface area contributed by atoms with Crippen LogP contribution in [0.5, 0.6) is 0 Å². The van der Waals surface area contributed by atoms with Crippen molar-refractivity contribution < 1.29 is 4.74 Å². The average molecular weight is 164 g/mol. The molecule has 2 N–H and O–H groups in total. The summed E-state index contributed by atoms with van der Waals surface area (Å²) in [5, 5.41) is 0. The second kappa shape index (κ2) is 4.11. The molecule has 0 radical (unpaired) electrons. The maximum Gasteiger partial charge on any atom is 0.141 e. The van der Waals surface area contributed by atoms with Crippen molar-refractivity contribution in [3.8, 4) is 0 Å². The zero-order valence-electron chi connectivity index (χ0n) is 7.50. The molecular weight excluding hydrogens is 151 g/mol. The lowest BCUT2D eigenvalue weighted by Gasteiger charge is -2.05. The Labute approximate surface area is 73.4 Å². The molecule has 0 amide bonds. The van der Waals surface area contributed by atoms with Gasteiger partial charge in [0.25, 0.3) is 0 Å². The van der Waals surface area contributed by atoms with Gasteiger partial charge in [0.05, 0.1) is 6.61 Å². The Bertz CT molecular complexity index is 265. The maximum absolute atomic E-state index is 5.64. The van der Waals surface area contributed by atoms with E-state index in [1.54, 1.807) is 6.20 Å². The van der Waals surface area contributed by atoms with Gasteiger partial charge in [-0.1, -0.05) is 11.5 Å². The van der Waals surface area contributed by atoms with Crippen molar-refractivity contribution in [2.45, 2.75) is 13.5 Å². The van der Waals surface area contributed by atoms with Crippen LogP contribution in [-0.4, -0.2) is 19.4 Å². The molecule has 0 spiro atoms. The minimum absolute atomic E-state index is 0.553. The van der Waals surface area contributed by atoms with E-state index in [2.05, 4.69) is 4.98 Å². The van der Waals surface area contributed by atoms with Crippen LogP contribution in [0.4, 0.5) is 5.82 Å². The molecule has 1 aromatic heterocycles. The number of aromatic nitrogens is 1. The summed E-state index contributed by atoms with van der Waals surface area (Å²) in [6, 6.07) is 2.00. The quantitative estimate of drug-likeness (QED) is 0.610. The lowest BCUT2D eigenvalue weighted by atomic mass is 9.97. The molecule has 0 saturated carbocycles. The van der Waals surface area contributed by atoms with E-state index >= 15 is 0 Å². The number of pyridine rings is 1. The van der Waals surface area contributed by atoms with E-state index in [0.717, 1.165) is 11.0 Å². The topological polar surface area (TPSA) is 48.1 Å². The van der Waals surface area contributed by atoms with Crippen molar-refractivity contribution in [2.75, 3.05) is 12.3 Å². The van der Waals surface area contributed by atoms with Gasteiger partial charge < -0.3 is 10.5 Å². The van der Waals surface area contributed by atoms with E-state index in [9.17, 15) is 0 Å². The molecule has 0 atom stereocenters. The van der Waals surface area contributed by atoms with Crippen molar-refractivity contribution in [3.63, 3.8) is 0 Å². The standard InChI is InChI=1S/C8H13BN2O/c1-2-12-5-6-3-7(9)4-11-8(6)10/h3-4H,2,5,9H2,1H3,(H2,10,11). The first kappa shape index (κ1) is 9.07. The molecule has 4 heteroatoms. The Kier molecular flexibility index (Phi) is 3.11. The third kappa shape index (κ3) is 2.24. The van der Waals surface area contributed by atoms with E-state index < -0.39 is 0 Å². The van der Waals surface area contributed by atoms with Gasteiger partial charge >= 0.3 is 0 Å². The van der Waals surface area contributed by atoms with Gasteiger partial charge in [-0.2, -0.15) is 0 Å². The summed E-state index contributed by atoms with van der Waals surface area (Å²) < 4.78 is 5.24. The van der Waals surface area contributed by atoms with Crippen LogP contribution in [0.1, 0.15) is 12.5 Å². The van der Waals surface area contributed by atoms with Crippen LogP contribution in [0.15, 0.2) is 12.3 Å². The molecule has 0 aliphatic rings. The molecular formula is C8H13BN2O. The van der Waals surface area contributed by atoms with Gasteiger partial charge in [-0.05, 0) is 6.92 Å². The second-order valence-corrected chi connectivity index (χ2v) is 2.69. The summed E-state index contributed by atoms with van der Waals surface area (Å²) in [6.45, 7) is 3.21. The first-order chi connectivity index (χ1) is 5.74. The van der Waals surface area contributed by atoms with Crippen LogP contribution < -0.4 is 11.2 Å². The van der Waals surface area contributed by atoms with Gasteiger partial charge in [0.15, 0.2) is 0 Å². The van der Waals surface area contributed by atoms with Crippen LogP contribution in [0.2, 0.25) is 0 Å². The Balaban J connectivity index is 2.75. The Morgan fingerprint density at radius 1 is 1.67 bits per heavy atom. The highest BCUT2D eigenvalue weighted by molar-refractivity contribution is 6.32. The van der Waals surface area contributed by atoms with Gasteiger partial charge in [0, 0.05) is 18.4 Å². The molecule has 1 heterocycles. The number of hydrogen-bond donors (Lipinski definition) is 1. The monoisotopic (exact) mass is 164 g/mol. The van der Waals surface area contributed by atoms with Gasteiger partial charge in [0.1, 0.15) is 13.7 Å². The van der Waals surface area contributed by atoms with Crippen LogP contribution in [0.25, 0.3) is 0 Å². The number of nitrogen functional groups attached to an aromatic ring is 1. The van der Waals surface area contributed by atoms with E-state index in [-0.39, 0.29) is 0 Å². The number of hydrogen-bond acceptors (Lipinski definition) is 3. The van der Waals surface area contributed by atoms with Crippen molar-refractivity contribution >= 4 is 19.1 Å². The number of nitrogens with zero attached hydrogens (tertiary/aromatic N) is 1. The van der Waals surface area contributed by atoms with E-state index in [0.29, 0.717) is 19.0 Å². The summed E-state index contributed by atoms with van der Waals surface area (Å²) in [4.78, 5) is 4.03. The molecule has 1 aromatic rings. The summed E-state index contributed by atoms with van der Waals surface area (Å²) in [7, 11) is 1.99. The number of anilines is 1. The number of ether oxygens (including phenoxy) is 1. The zero-order valence-corrected chi connectivity index (χ0v) is 7.50. The highest BCUT2D eigenvalue weighted by Gasteiger charge is 1.99. The van der Waals surface area contributed by atoms with Gasteiger partial charge in [-0.3, -0.25) is 0 Å². The molecule has 0 aromatic carbocycles. The van der Waals surface area contributed by atoms with Crippen LogP contribution in [0.3, 0.4) is 0 Å². The summed E-state index contributed by atoms with van der Waals surface area (Å²) in [5.74, 6) is 0.564. The summed E-state index contributed by atoms with van der Waals surface area (Å²) >= 11 is 0. The van der Waals surface area contributed by atoms with Crippen LogP contribution in [0, 0.1) is 0 Å². The zero-order chi connectivity index (χ0) is 8.97. The highest BCUT2D eigenvalue weighted by atomic mass is 16.5. The highest BCUT2D eigenvalue weighted by Crippen LogP contribution is 2.06.